The van der Waals surface area contributed by atoms with Crippen molar-refractivity contribution in [2.24, 2.45) is 5.92 Å². The Hall–Kier alpha value is -2.04. The first kappa shape index (κ1) is 16.3. The SMILES string of the molecule is CC(C)C1Nc2ccccc2C(=O)N1CCCCCC(=O)O. The molecule has 2 rings (SSSR count). The molecule has 5 nitrogen and oxygen atoms in total. The summed E-state index contributed by atoms with van der Waals surface area (Å²) in [5.74, 6) is -0.396. The van der Waals surface area contributed by atoms with Crippen LogP contribution in [0.3, 0.4) is 0 Å². The van der Waals surface area contributed by atoms with Gasteiger partial charge in [0, 0.05) is 18.7 Å². The first-order valence-electron chi connectivity index (χ1n) is 7.89. The highest BCUT2D eigenvalue weighted by molar-refractivity contribution is 6.01. The molecule has 0 spiro atoms. The highest BCUT2D eigenvalue weighted by Crippen LogP contribution is 2.28. The Balaban J connectivity index is 2.01. The van der Waals surface area contributed by atoms with Gasteiger partial charge in [-0.25, -0.2) is 0 Å². The Morgan fingerprint density at radius 2 is 2.00 bits per heavy atom. The van der Waals surface area contributed by atoms with Crippen LogP contribution in [0.1, 0.15) is 49.9 Å². The molecule has 1 aromatic carbocycles. The van der Waals surface area contributed by atoms with E-state index in [4.69, 9.17) is 5.11 Å². The van der Waals surface area contributed by atoms with Crippen LogP contribution in [0.4, 0.5) is 5.69 Å². The van der Waals surface area contributed by atoms with Crippen molar-refractivity contribution >= 4 is 17.6 Å². The van der Waals surface area contributed by atoms with Crippen molar-refractivity contribution in [3.63, 3.8) is 0 Å². The van der Waals surface area contributed by atoms with Crippen LogP contribution in [-0.4, -0.2) is 34.6 Å². The Kier molecular flexibility index (Phi) is 5.41. The molecule has 1 aliphatic rings. The number of unbranched alkanes of at least 4 members (excludes halogenated alkanes) is 2. The quantitative estimate of drug-likeness (QED) is 0.759. The third-order valence-electron chi connectivity index (χ3n) is 3.98. The van der Waals surface area contributed by atoms with E-state index >= 15 is 0 Å². The molecule has 22 heavy (non-hydrogen) atoms. The Labute approximate surface area is 131 Å². The lowest BCUT2D eigenvalue weighted by molar-refractivity contribution is -0.137. The molecule has 0 aliphatic carbocycles. The second kappa shape index (κ2) is 7.29. The number of carbonyl (C=O) groups excluding carboxylic acids is 1. The summed E-state index contributed by atoms with van der Waals surface area (Å²) in [5.41, 5.74) is 1.61. The Morgan fingerprint density at radius 1 is 1.27 bits per heavy atom. The van der Waals surface area contributed by atoms with Crippen molar-refractivity contribution < 1.29 is 14.7 Å². The van der Waals surface area contributed by atoms with Crippen LogP contribution in [-0.2, 0) is 4.79 Å². The highest BCUT2D eigenvalue weighted by Gasteiger charge is 2.32. The van der Waals surface area contributed by atoms with Gasteiger partial charge in [-0.2, -0.15) is 0 Å². The maximum absolute atomic E-state index is 12.7. The summed E-state index contributed by atoms with van der Waals surface area (Å²) in [4.78, 5) is 25.1. The minimum atomic E-state index is -0.760. The van der Waals surface area contributed by atoms with Crippen LogP contribution in [0.25, 0.3) is 0 Å². The van der Waals surface area contributed by atoms with Crippen LogP contribution in [0.5, 0.6) is 0 Å². The fourth-order valence-corrected chi connectivity index (χ4v) is 2.82. The van der Waals surface area contributed by atoms with Gasteiger partial charge in [0.1, 0.15) is 6.17 Å². The number of carboxylic acid groups (broad SMARTS) is 1. The average Bonchev–Trinajstić information content (AvgIpc) is 2.48. The predicted octanol–water partition coefficient (Wildman–Crippen LogP) is 3.18. The molecule has 1 aromatic rings. The van der Waals surface area contributed by atoms with Gasteiger partial charge < -0.3 is 15.3 Å². The number of aliphatic carboxylic acids is 1. The third kappa shape index (κ3) is 3.78. The minimum absolute atomic E-state index is 0.0122. The largest absolute Gasteiger partial charge is 0.481 e. The number of hydrogen-bond donors (Lipinski definition) is 2. The number of benzene rings is 1. The molecule has 1 aliphatic heterocycles. The number of rotatable bonds is 7. The number of hydrogen-bond acceptors (Lipinski definition) is 3. The van der Waals surface area contributed by atoms with Gasteiger partial charge >= 0.3 is 5.97 Å². The van der Waals surface area contributed by atoms with E-state index < -0.39 is 5.97 Å². The molecule has 1 amide bonds. The van der Waals surface area contributed by atoms with Crippen LogP contribution in [0, 0.1) is 5.92 Å². The van der Waals surface area contributed by atoms with Crippen molar-refractivity contribution in [3.05, 3.63) is 29.8 Å². The van der Waals surface area contributed by atoms with Crippen molar-refractivity contribution in [3.8, 4) is 0 Å². The van der Waals surface area contributed by atoms with Crippen LogP contribution < -0.4 is 5.32 Å². The van der Waals surface area contributed by atoms with E-state index in [0.29, 0.717) is 24.4 Å². The summed E-state index contributed by atoms with van der Waals surface area (Å²) in [5, 5.41) is 12.1. The number of anilines is 1. The topological polar surface area (TPSA) is 69.6 Å². The zero-order valence-electron chi connectivity index (χ0n) is 13.2. The van der Waals surface area contributed by atoms with Crippen LogP contribution in [0.15, 0.2) is 24.3 Å². The molecule has 0 bridgehead atoms. The molecular formula is C17H24N2O3. The van der Waals surface area contributed by atoms with Gasteiger partial charge in [0.15, 0.2) is 0 Å². The first-order valence-corrected chi connectivity index (χ1v) is 7.89. The van der Waals surface area contributed by atoms with Crippen molar-refractivity contribution in [1.29, 1.82) is 0 Å². The normalized spacial score (nSPS) is 17.3. The smallest absolute Gasteiger partial charge is 0.303 e. The number of para-hydroxylation sites is 1. The number of nitrogens with zero attached hydrogens (tertiary/aromatic N) is 1. The number of fused-ring (bicyclic) bond motifs is 1. The van der Waals surface area contributed by atoms with Gasteiger partial charge in [-0.05, 0) is 30.9 Å². The molecule has 5 heteroatoms. The maximum atomic E-state index is 12.7. The second-order valence-corrected chi connectivity index (χ2v) is 6.08. The molecule has 0 fully saturated rings. The minimum Gasteiger partial charge on any atom is -0.481 e. The molecule has 0 saturated carbocycles. The van der Waals surface area contributed by atoms with Crippen LogP contribution in [0.2, 0.25) is 0 Å². The molecule has 1 unspecified atom stereocenters. The van der Waals surface area contributed by atoms with Gasteiger partial charge in [-0.3, -0.25) is 9.59 Å². The molecule has 0 aromatic heterocycles. The van der Waals surface area contributed by atoms with Crippen molar-refractivity contribution in [2.45, 2.75) is 45.7 Å². The summed E-state index contributed by atoms with van der Waals surface area (Å²) in [6, 6.07) is 7.59. The van der Waals surface area contributed by atoms with E-state index in [1.165, 1.54) is 0 Å². The molecular weight excluding hydrogens is 280 g/mol. The molecule has 0 radical (unpaired) electrons. The summed E-state index contributed by atoms with van der Waals surface area (Å²) in [6.45, 7) is 4.84. The van der Waals surface area contributed by atoms with Gasteiger partial charge in [0.05, 0.1) is 5.56 Å². The number of nitrogens with one attached hydrogen (secondary N) is 1. The predicted molar refractivity (Wildman–Crippen MR) is 85.8 cm³/mol. The molecule has 1 atom stereocenters. The molecule has 120 valence electrons. The van der Waals surface area contributed by atoms with Gasteiger partial charge in [0.25, 0.3) is 5.91 Å². The Morgan fingerprint density at radius 3 is 2.68 bits per heavy atom. The zero-order valence-corrected chi connectivity index (χ0v) is 13.2. The monoisotopic (exact) mass is 304 g/mol. The third-order valence-corrected chi connectivity index (χ3v) is 3.98. The summed E-state index contributed by atoms with van der Waals surface area (Å²) < 4.78 is 0. The van der Waals surface area contributed by atoms with Crippen molar-refractivity contribution in [2.75, 3.05) is 11.9 Å². The number of amides is 1. The lowest BCUT2D eigenvalue weighted by Gasteiger charge is -2.40. The van der Waals surface area contributed by atoms with E-state index in [2.05, 4.69) is 19.2 Å². The van der Waals surface area contributed by atoms with Crippen molar-refractivity contribution in [1.82, 2.24) is 4.90 Å². The highest BCUT2D eigenvalue weighted by atomic mass is 16.4. The fourth-order valence-electron chi connectivity index (χ4n) is 2.82. The number of carbonyl (C=O) groups is 2. The fraction of sp³-hybridized carbons (Fsp3) is 0.529. The lowest BCUT2D eigenvalue weighted by atomic mass is 10.0. The maximum Gasteiger partial charge on any atom is 0.303 e. The molecule has 0 saturated heterocycles. The Bertz CT molecular complexity index is 542. The van der Waals surface area contributed by atoms with E-state index in [1.807, 2.05) is 29.2 Å². The van der Waals surface area contributed by atoms with E-state index in [9.17, 15) is 9.59 Å². The van der Waals surface area contributed by atoms with Gasteiger partial charge in [-0.15, -0.1) is 0 Å². The van der Waals surface area contributed by atoms with Crippen LogP contribution >= 0.6 is 0 Å². The lowest BCUT2D eigenvalue weighted by Crippen LogP contribution is -2.51. The summed E-state index contributed by atoms with van der Waals surface area (Å²) in [7, 11) is 0. The summed E-state index contributed by atoms with van der Waals surface area (Å²) in [6.07, 6.45) is 2.49. The average molecular weight is 304 g/mol. The van der Waals surface area contributed by atoms with Gasteiger partial charge in [0.2, 0.25) is 0 Å². The number of carboxylic acids is 1. The first-order chi connectivity index (χ1) is 10.5. The molecule has 2 N–H and O–H groups in total. The van der Waals surface area contributed by atoms with Gasteiger partial charge in [-0.1, -0.05) is 32.4 Å². The zero-order chi connectivity index (χ0) is 16.1. The second-order valence-electron chi connectivity index (χ2n) is 6.08. The standard InChI is InChI=1S/C17H24N2O3/c1-12(2)16-18-14-9-6-5-8-13(14)17(22)19(16)11-7-3-4-10-15(20)21/h5-6,8-9,12,16,18H,3-4,7,10-11H2,1-2H3,(H,20,21). The van der Waals surface area contributed by atoms with E-state index in [1.54, 1.807) is 0 Å². The summed E-state index contributed by atoms with van der Waals surface area (Å²) >= 11 is 0. The molecule has 1 heterocycles. The van der Waals surface area contributed by atoms with E-state index in [0.717, 1.165) is 18.5 Å². The van der Waals surface area contributed by atoms with E-state index in [-0.39, 0.29) is 18.5 Å².